The Labute approximate surface area is 198 Å². The highest BCUT2D eigenvalue weighted by molar-refractivity contribution is 5.99. The van der Waals surface area contributed by atoms with Crippen LogP contribution in [0.2, 0.25) is 0 Å². The normalized spacial score (nSPS) is 17.8. The number of hydrogen-bond donors (Lipinski definition) is 1. The van der Waals surface area contributed by atoms with Crippen molar-refractivity contribution in [3.63, 3.8) is 0 Å². The lowest BCUT2D eigenvalue weighted by atomic mass is 9.87. The van der Waals surface area contributed by atoms with E-state index in [9.17, 15) is 9.59 Å². The van der Waals surface area contributed by atoms with Crippen LogP contribution in [0.5, 0.6) is 0 Å². The summed E-state index contributed by atoms with van der Waals surface area (Å²) in [5.74, 6) is -0.541. The molecule has 2 heterocycles. The third-order valence-corrected chi connectivity index (χ3v) is 6.27. The minimum atomic E-state index is -1.15. The topological polar surface area (TPSA) is 75.2 Å². The molecule has 0 saturated carbocycles. The van der Waals surface area contributed by atoms with Crippen molar-refractivity contribution < 1.29 is 9.59 Å². The van der Waals surface area contributed by atoms with Crippen molar-refractivity contribution >= 4 is 11.8 Å². The van der Waals surface area contributed by atoms with E-state index in [1.165, 1.54) is 6.20 Å². The van der Waals surface area contributed by atoms with Crippen LogP contribution in [-0.4, -0.2) is 39.8 Å². The van der Waals surface area contributed by atoms with Gasteiger partial charge in [0.1, 0.15) is 11.2 Å². The van der Waals surface area contributed by atoms with Crippen molar-refractivity contribution in [1.29, 1.82) is 0 Å². The van der Waals surface area contributed by atoms with Gasteiger partial charge in [-0.15, -0.1) is 0 Å². The number of benzene rings is 3. The predicted molar refractivity (Wildman–Crippen MR) is 131 cm³/mol. The van der Waals surface area contributed by atoms with Gasteiger partial charge in [0, 0.05) is 24.2 Å². The lowest BCUT2D eigenvalue weighted by Crippen LogP contribution is -2.63. The summed E-state index contributed by atoms with van der Waals surface area (Å²) in [5.41, 5.74) is 2.91. The number of hydrogen-bond acceptors (Lipinski definition) is 4. The van der Waals surface area contributed by atoms with Gasteiger partial charge in [-0.3, -0.25) is 14.6 Å². The second-order valence-electron chi connectivity index (χ2n) is 8.34. The van der Waals surface area contributed by atoms with Gasteiger partial charge in [-0.2, -0.15) is 0 Å². The molecule has 0 spiro atoms. The minimum Gasteiger partial charge on any atom is -0.352 e. The van der Waals surface area contributed by atoms with E-state index in [1.807, 2.05) is 91.0 Å². The van der Waals surface area contributed by atoms with Gasteiger partial charge in [-0.05, 0) is 12.5 Å². The van der Waals surface area contributed by atoms with Crippen molar-refractivity contribution in [1.82, 2.24) is 20.2 Å². The Bertz CT molecular complexity index is 1330. The summed E-state index contributed by atoms with van der Waals surface area (Å²) >= 11 is 0. The van der Waals surface area contributed by atoms with Crippen molar-refractivity contribution in [2.75, 3.05) is 13.1 Å². The summed E-state index contributed by atoms with van der Waals surface area (Å²) < 4.78 is 0. The molecule has 6 heteroatoms. The molecule has 1 saturated heterocycles. The largest absolute Gasteiger partial charge is 0.352 e. The van der Waals surface area contributed by atoms with E-state index in [0.717, 1.165) is 16.7 Å². The van der Waals surface area contributed by atoms with Gasteiger partial charge in [0.05, 0.1) is 17.6 Å². The van der Waals surface area contributed by atoms with Crippen LogP contribution in [0, 0.1) is 0 Å². The summed E-state index contributed by atoms with van der Waals surface area (Å²) in [5, 5.41) is 2.91. The molecule has 168 valence electrons. The first-order valence-corrected chi connectivity index (χ1v) is 11.2. The number of aromatic nitrogens is 2. The van der Waals surface area contributed by atoms with Crippen molar-refractivity contribution in [3.05, 3.63) is 108 Å². The Kier molecular flexibility index (Phi) is 5.64. The zero-order valence-electron chi connectivity index (χ0n) is 18.8. The molecule has 34 heavy (non-hydrogen) atoms. The van der Waals surface area contributed by atoms with Gasteiger partial charge >= 0.3 is 0 Å². The molecular weight excluding hydrogens is 424 g/mol. The van der Waals surface area contributed by atoms with Gasteiger partial charge in [0.25, 0.3) is 5.91 Å². The van der Waals surface area contributed by atoms with Crippen molar-refractivity contribution in [2.45, 2.75) is 12.5 Å². The zero-order chi connectivity index (χ0) is 23.5. The molecule has 1 unspecified atom stereocenters. The molecule has 1 fully saturated rings. The Morgan fingerprint density at radius 3 is 2.03 bits per heavy atom. The number of piperazine rings is 1. The molecule has 1 N–H and O–H groups in total. The van der Waals surface area contributed by atoms with E-state index in [2.05, 4.69) is 10.3 Å². The summed E-state index contributed by atoms with van der Waals surface area (Å²) in [4.78, 5) is 37.9. The molecule has 0 bridgehead atoms. The van der Waals surface area contributed by atoms with Gasteiger partial charge in [0.2, 0.25) is 5.91 Å². The Hall–Kier alpha value is -4.32. The number of nitrogens with one attached hydrogen (secondary N) is 1. The maximum Gasteiger partial charge on any atom is 0.275 e. The van der Waals surface area contributed by atoms with Gasteiger partial charge in [-0.1, -0.05) is 91.0 Å². The molecule has 4 aromatic rings. The van der Waals surface area contributed by atoms with Gasteiger partial charge in [0.15, 0.2) is 0 Å². The average molecular weight is 449 g/mol. The van der Waals surface area contributed by atoms with E-state index in [0.29, 0.717) is 24.5 Å². The summed E-state index contributed by atoms with van der Waals surface area (Å²) in [6, 6.07) is 28.8. The fourth-order valence-corrected chi connectivity index (χ4v) is 4.39. The third-order valence-electron chi connectivity index (χ3n) is 6.27. The average Bonchev–Trinajstić information content (AvgIpc) is 2.91. The van der Waals surface area contributed by atoms with E-state index in [1.54, 1.807) is 11.8 Å². The highest BCUT2D eigenvalue weighted by atomic mass is 16.2. The lowest BCUT2D eigenvalue weighted by molar-refractivity contribution is -0.134. The highest BCUT2D eigenvalue weighted by Gasteiger charge is 2.46. The zero-order valence-corrected chi connectivity index (χ0v) is 18.8. The lowest BCUT2D eigenvalue weighted by Gasteiger charge is -2.43. The highest BCUT2D eigenvalue weighted by Crippen LogP contribution is 2.33. The molecule has 1 aromatic heterocycles. The molecular formula is C28H24N4O2. The van der Waals surface area contributed by atoms with Crippen LogP contribution in [0.1, 0.15) is 23.0 Å². The van der Waals surface area contributed by atoms with E-state index in [-0.39, 0.29) is 17.5 Å². The Balaban J connectivity index is 1.61. The number of carbonyl (C=O) groups excluding carboxylic acids is 2. The fourth-order valence-electron chi connectivity index (χ4n) is 4.39. The monoisotopic (exact) mass is 448 g/mol. The summed E-state index contributed by atoms with van der Waals surface area (Å²) in [6.07, 6.45) is 1.51. The van der Waals surface area contributed by atoms with Gasteiger partial charge < -0.3 is 10.2 Å². The minimum absolute atomic E-state index is 0.204. The second kappa shape index (κ2) is 8.90. The number of nitrogens with zero attached hydrogens (tertiary/aromatic N) is 3. The molecule has 0 radical (unpaired) electrons. The molecule has 1 aliphatic heterocycles. The van der Waals surface area contributed by atoms with E-state index < -0.39 is 5.54 Å². The summed E-state index contributed by atoms with van der Waals surface area (Å²) in [7, 11) is 0. The second-order valence-corrected chi connectivity index (χ2v) is 8.34. The van der Waals surface area contributed by atoms with Crippen LogP contribution in [0.15, 0.2) is 97.2 Å². The van der Waals surface area contributed by atoms with Crippen LogP contribution >= 0.6 is 0 Å². The Morgan fingerprint density at radius 2 is 1.41 bits per heavy atom. The Morgan fingerprint density at radius 1 is 0.853 bits per heavy atom. The summed E-state index contributed by atoms with van der Waals surface area (Å²) in [6.45, 7) is 2.53. The molecule has 1 atom stereocenters. The molecule has 5 rings (SSSR count). The maximum atomic E-state index is 13.8. The fraction of sp³-hybridized carbons (Fsp3) is 0.143. The number of rotatable bonds is 4. The number of amides is 2. The predicted octanol–water partition coefficient (Wildman–Crippen LogP) is 4.30. The standard InChI is InChI=1S/C28H24N4O2/c1-28(22-15-9-4-10-16-22)27(34)29-17-18-32(28)26(33)23-19-30-24(20-11-5-2-6-12-20)25(31-23)21-13-7-3-8-14-21/h2-16,19H,17-18H2,1H3,(H,29,34). The molecule has 0 aliphatic carbocycles. The van der Waals surface area contributed by atoms with E-state index in [4.69, 9.17) is 4.98 Å². The first-order valence-electron chi connectivity index (χ1n) is 11.2. The molecule has 3 aromatic carbocycles. The molecule has 6 nitrogen and oxygen atoms in total. The maximum absolute atomic E-state index is 13.8. The van der Waals surface area contributed by atoms with Crippen LogP contribution in [0.25, 0.3) is 22.5 Å². The van der Waals surface area contributed by atoms with E-state index >= 15 is 0 Å². The number of carbonyl (C=O) groups is 2. The first-order chi connectivity index (χ1) is 16.6. The SMILES string of the molecule is CC1(c2ccccc2)C(=O)NCCN1C(=O)c1cnc(-c2ccccc2)c(-c2ccccc2)n1. The molecule has 2 amide bonds. The van der Waals surface area contributed by atoms with Crippen LogP contribution in [-0.2, 0) is 10.3 Å². The first kappa shape index (κ1) is 21.5. The van der Waals surface area contributed by atoms with Crippen LogP contribution < -0.4 is 5.32 Å². The van der Waals surface area contributed by atoms with Gasteiger partial charge in [-0.25, -0.2) is 4.98 Å². The van der Waals surface area contributed by atoms with Crippen LogP contribution in [0.3, 0.4) is 0 Å². The van der Waals surface area contributed by atoms with Crippen molar-refractivity contribution in [2.24, 2.45) is 0 Å². The van der Waals surface area contributed by atoms with Crippen LogP contribution in [0.4, 0.5) is 0 Å². The smallest absolute Gasteiger partial charge is 0.275 e. The molecule has 1 aliphatic rings. The van der Waals surface area contributed by atoms with Crippen molar-refractivity contribution in [3.8, 4) is 22.5 Å². The quantitative estimate of drug-likeness (QED) is 0.505. The third kappa shape index (κ3) is 3.73.